The third-order valence-corrected chi connectivity index (χ3v) is 8.14. The van der Waals surface area contributed by atoms with Crippen LogP contribution in [-0.2, 0) is 5.41 Å². The molecule has 0 N–H and O–H groups in total. The van der Waals surface area contributed by atoms with Crippen molar-refractivity contribution in [1.82, 2.24) is 0 Å². The van der Waals surface area contributed by atoms with Gasteiger partial charge in [-0.15, -0.1) is 0 Å². The van der Waals surface area contributed by atoms with E-state index >= 15 is 0 Å². The van der Waals surface area contributed by atoms with Crippen LogP contribution in [0.25, 0.3) is 11.1 Å². The molecule has 0 amide bonds. The minimum Gasteiger partial charge on any atom is -0.313 e. The molecule has 6 rings (SSSR count). The highest BCUT2D eigenvalue weighted by molar-refractivity contribution is 5.87. The lowest BCUT2D eigenvalue weighted by molar-refractivity contribution is 0.525. The van der Waals surface area contributed by atoms with Gasteiger partial charge in [-0.2, -0.15) is 5.26 Å². The van der Waals surface area contributed by atoms with E-state index in [0.717, 1.165) is 19.3 Å². The summed E-state index contributed by atoms with van der Waals surface area (Å²) in [5.74, 6) is 0.167. The van der Waals surface area contributed by atoms with Crippen LogP contribution < -0.4 is 4.90 Å². The van der Waals surface area contributed by atoms with Crippen LogP contribution in [0.3, 0.4) is 0 Å². The summed E-state index contributed by atoms with van der Waals surface area (Å²) in [7, 11) is 0. The maximum absolute atomic E-state index is 9.61. The van der Waals surface area contributed by atoms with Gasteiger partial charge < -0.3 is 4.90 Å². The maximum atomic E-state index is 9.61. The third kappa shape index (κ3) is 3.60. The van der Waals surface area contributed by atoms with E-state index in [1.165, 1.54) is 44.9 Å². The molecule has 3 aromatic carbocycles. The third-order valence-electron chi connectivity index (χ3n) is 8.14. The van der Waals surface area contributed by atoms with Gasteiger partial charge in [-0.25, -0.2) is 0 Å². The van der Waals surface area contributed by atoms with Crippen LogP contribution in [0.4, 0.5) is 11.4 Å². The van der Waals surface area contributed by atoms with Crippen molar-refractivity contribution < 1.29 is 0 Å². The monoisotopic (exact) mass is 469 g/mol. The fraction of sp³-hybridized carbons (Fsp3) is 0.273. The number of para-hydroxylation sites is 2. The molecule has 0 bridgehead atoms. The Morgan fingerprint density at radius 2 is 1.69 bits per heavy atom. The molecular weight excluding hydrogens is 438 g/mol. The van der Waals surface area contributed by atoms with Crippen molar-refractivity contribution in [3.05, 3.63) is 107 Å². The first-order valence-electron chi connectivity index (χ1n) is 13.0. The zero-order chi connectivity index (χ0) is 24.7. The summed E-state index contributed by atoms with van der Waals surface area (Å²) in [4.78, 5) is 6.84. The molecule has 2 unspecified atom stereocenters. The predicted octanol–water partition coefficient (Wildman–Crippen LogP) is 8.08. The van der Waals surface area contributed by atoms with E-state index < -0.39 is 0 Å². The number of fused-ring (bicyclic) bond motifs is 1. The van der Waals surface area contributed by atoms with Crippen LogP contribution in [0.15, 0.2) is 101 Å². The Kier molecular flexibility index (Phi) is 5.61. The molecular formula is C33H31N3. The van der Waals surface area contributed by atoms with Crippen molar-refractivity contribution in [2.75, 3.05) is 11.4 Å². The van der Waals surface area contributed by atoms with Gasteiger partial charge in [-0.1, -0.05) is 86.7 Å². The molecule has 178 valence electrons. The zero-order valence-corrected chi connectivity index (χ0v) is 21.0. The first kappa shape index (κ1) is 22.6. The fourth-order valence-corrected chi connectivity index (χ4v) is 6.21. The van der Waals surface area contributed by atoms with Crippen LogP contribution >= 0.6 is 0 Å². The molecule has 0 fully saturated rings. The van der Waals surface area contributed by atoms with Gasteiger partial charge in [-0.3, -0.25) is 4.99 Å². The molecule has 3 aromatic rings. The molecule has 0 spiro atoms. The second kappa shape index (κ2) is 8.95. The second-order valence-corrected chi connectivity index (χ2v) is 10.5. The summed E-state index contributed by atoms with van der Waals surface area (Å²) in [6.07, 6.45) is 9.57. The molecule has 2 aliphatic heterocycles. The average Bonchev–Trinajstić information content (AvgIpc) is 2.94. The lowest BCUT2D eigenvalue weighted by Crippen LogP contribution is -2.34. The number of benzene rings is 3. The Bertz CT molecular complexity index is 1430. The van der Waals surface area contributed by atoms with Crippen LogP contribution in [0.5, 0.6) is 0 Å². The number of hydrogen-bond acceptors (Lipinski definition) is 3. The molecule has 3 nitrogen and oxygen atoms in total. The smallest absolute Gasteiger partial charge is 0.0730 e. The average molecular weight is 470 g/mol. The summed E-state index contributed by atoms with van der Waals surface area (Å²) in [6.45, 7) is 5.30. The van der Waals surface area contributed by atoms with Crippen LogP contribution in [0.2, 0.25) is 0 Å². The molecule has 2 heterocycles. The molecule has 0 aromatic heterocycles. The SMILES string of the molecule is CC1(C)C2=C(CCC=C2)N(c2ccccc2-c2ccc(C3CC=NCC3C#N)cc2)c2ccccc21. The van der Waals surface area contributed by atoms with Gasteiger partial charge in [0, 0.05) is 28.3 Å². The van der Waals surface area contributed by atoms with Gasteiger partial charge in [0.05, 0.1) is 24.2 Å². The highest BCUT2D eigenvalue weighted by Crippen LogP contribution is 2.52. The van der Waals surface area contributed by atoms with E-state index in [1.54, 1.807) is 0 Å². The van der Waals surface area contributed by atoms with Crippen molar-refractivity contribution in [2.45, 2.75) is 44.4 Å². The summed E-state index contributed by atoms with van der Waals surface area (Å²) >= 11 is 0. The summed E-state index contributed by atoms with van der Waals surface area (Å²) in [5, 5.41) is 9.61. The number of rotatable bonds is 3. The Balaban J connectivity index is 1.46. The fourth-order valence-electron chi connectivity index (χ4n) is 6.21. The second-order valence-electron chi connectivity index (χ2n) is 10.5. The molecule has 0 radical (unpaired) electrons. The largest absolute Gasteiger partial charge is 0.313 e. The molecule has 3 aliphatic rings. The maximum Gasteiger partial charge on any atom is 0.0730 e. The quantitative estimate of drug-likeness (QED) is 0.389. The highest BCUT2D eigenvalue weighted by atomic mass is 15.2. The molecule has 2 atom stereocenters. The van der Waals surface area contributed by atoms with Gasteiger partial charge in [0.15, 0.2) is 0 Å². The number of anilines is 2. The lowest BCUT2D eigenvalue weighted by atomic mass is 9.71. The molecule has 0 saturated carbocycles. The van der Waals surface area contributed by atoms with E-state index in [2.05, 4.69) is 115 Å². The number of nitrogens with zero attached hydrogens (tertiary/aromatic N) is 3. The molecule has 36 heavy (non-hydrogen) atoms. The highest BCUT2D eigenvalue weighted by Gasteiger charge is 2.38. The number of hydrogen-bond donors (Lipinski definition) is 0. The Morgan fingerprint density at radius 3 is 2.50 bits per heavy atom. The topological polar surface area (TPSA) is 39.4 Å². The summed E-state index contributed by atoms with van der Waals surface area (Å²) in [6, 6.07) is 29.0. The normalized spacial score (nSPS) is 22.1. The van der Waals surface area contributed by atoms with Gasteiger partial charge in [0.25, 0.3) is 0 Å². The summed E-state index contributed by atoms with van der Waals surface area (Å²) < 4.78 is 0. The van der Waals surface area contributed by atoms with E-state index in [0.29, 0.717) is 6.54 Å². The van der Waals surface area contributed by atoms with Crippen molar-refractivity contribution >= 4 is 17.6 Å². The number of allylic oxidation sites excluding steroid dienone is 4. The zero-order valence-electron chi connectivity index (χ0n) is 21.0. The Morgan fingerprint density at radius 1 is 0.944 bits per heavy atom. The first-order chi connectivity index (χ1) is 17.6. The number of nitriles is 1. The minimum atomic E-state index is -0.0499. The Labute approximate surface area is 214 Å². The summed E-state index contributed by atoms with van der Waals surface area (Å²) in [5.41, 5.74) is 10.3. The van der Waals surface area contributed by atoms with E-state index in [-0.39, 0.29) is 17.3 Å². The van der Waals surface area contributed by atoms with Gasteiger partial charge in [0.1, 0.15) is 0 Å². The molecule has 3 heteroatoms. The predicted molar refractivity (Wildman–Crippen MR) is 149 cm³/mol. The van der Waals surface area contributed by atoms with Crippen LogP contribution in [0, 0.1) is 17.2 Å². The van der Waals surface area contributed by atoms with Gasteiger partial charge >= 0.3 is 0 Å². The van der Waals surface area contributed by atoms with Crippen molar-refractivity contribution in [2.24, 2.45) is 10.9 Å². The van der Waals surface area contributed by atoms with Crippen LogP contribution in [-0.4, -0.2) is 12.8 Å². The first-order valence-corrected chi connectivity index (χ1v) is 13.0. The van der Waals surface area contributed by atoms with Crippen molar-refractivity contribution in [3.63, 3.8) is 0 Å². The van der Waals surface area contributed by atoms with Crippen LogP contribution in [0.1, 0.15) is 50.2 Å². The van der Waals surface area contributed by atoms with Gasteiger partial charge in [-0.05, 0) is 59.9 Å². The standard InChI is InChI=1S/C33H31N3/c1-33(2)28-10-4-7-13-31(28)36(32-14-8-5-11-29(32)33)30-12-6-3-9-27(30)24-17-15-23(16-18-24)26-19-20-35-22-25(26)21-34/h3-7,9-13,15-18,20,25-26H,8,14,19,22H2,1-2H3. The Hall–Kier alpha value is -3.90. The number of aliphatic imine (C=N–C) groups is 1. The van der Waals surface area contributed by atoms with Gasteiger partial charge in [0.2, 0.25) is 0 Å². The molecule has 0 saturated heterocycles. The van der Waals surface area contributed by atoms with E-state index in [9.17, 15) is 5.26 Å². The van der Waals surface area contributed by atoms with E-state index in [1.807, 2.05) is 6.21 Å². The minimum absolute atomic E-state index is 0.0312. The molecule has 1 aliphatic carbocycles. The van der Waals surface area contributed by atoms with Crippen molar-refractivity contribution in [3.8, 4) is 17.2 Å². The van der Waals surface area contributed by atoms with Crippen molar-refractivity contribution in [1.29, 1.82) is 5.26 Å². The van der Waals surface area contributed by atoms with E-state index in [4.69, 9.17) is 0 Å². The lowest BCUT2D eigenvalue weighted by Gasteiger charge is -2.44.